The molecule has 1 rings (SSSR count). The molecule has 0 aliphatic carbocycles. The van der Waals surface area contributed by atoms with Crippen LogP contribution in [0.5, 0.6) is 0 Å². The zero-order chi connectivity index (χ0) is 12.7. The SMILES string of the molecule is CCOC(=O)C(C)CCCc1ccc(Br)cc1. The number of hydrogen-bond acceptors (Lipinski definition) is 2. The molecule has 0 aliphatic heterocycles. The third kappa shape index (κ3) is 5.35. The van der Waals surface area contributed by atoms with E-state index in [1.807, 2.05) is 26.0 Å². The van der Waals surface area contributed by atoms with Gasteiger partial charge in [-0.2, -0.15) is 0 Å². The Bertz CT molecular complexity index is 346. The lowest BCUT2D eigenvalue weighted by atomic mass is 10.0. The zero-order valence-electron chi connectivity index (χ0n) is 10.4. The van der Waals surface area contributed by atoms with Gasteiger partial charge in [-0.3, -0.25) is 4.79 Å². The molecule has 0 spiro atoms. The number of benzene rings is 1. The van der Waals surface area contributed by atoms with Gasteiger partial charge in [0.25, 0.3) is 0 Å². The Balaban J connectivity index is 2.27. The molecule has 94 valence electrons. The molecule has 0 N–H and O–H groups in total. The molecule has 1 aromatic carbocycles. The van der Waals surface area contributed by atoms with Crippen molar-refractivity contribution in [2.75, 3.05) is 6.61 Å². The standard InChI is InChI=1S/C14H19BrO2/c1-3-17-14(16)11(2)5-4-6-12-7-9-13(15)10-8-12/h7-11H,3-6H2,1-2H3. The number of carbonyl (C=O) groups excluding carboxylic acids is 1. The molecule has 1 aromatic rings. The fourth-order valence-electron chi connectivity index (χ4n) is 1.67. The summed E-state index contributed by atoms with van der Waals surface area (Å²) in [4.78, 5) is 11.4. The van der Waals surface area contributed by atoms with E-state index in [4.69, 9.17) is 4.74 Å². The number of rotatable bonds is 6. The first kappa shape index (κ1) is 14.2. The molecule has 2 nitrogen and oxygen atoms in total. The lowest BCUT2D eigenvalue weighted by Gasteiger charge is -2.10. The predicted octanol–water partition coefficient (Wildman–Crippen LogP) is 3.97. The van der Waals surface area contributed by atoms with Gasteiger partial charge < -0.3 is 4.74 Å². The Morgan fingerprint density at radius 3 is 2.59 bits per heavy atom. The fourth-order valence-corrected chi connectivity index (χ4v) is 1.93. The van der Waals surface area contributed by atoms with Gasteiger partial charge in [-0.15, -0.1) is 0 Å². The minimum absolute atomic E-state index is 0.00500. The van der Waals surface area contributed by atoms with Gasteiger partial charge in [-0.05, 0) is 43.9 Å². The van der Waals surface area contributed by atoms with Crippen LogP contribution in [-0.2, 0) is 16.0 Å². The summed E-state index contributed by atoms with van der Waals surface area (Å²) < 4.78 is 6.08. The van der Waals surface area contributed by atoms with Gasteiger partial charge in [0, 0.05) is 4.47 Å². The van der Waals surface area contributed by atoms with Gasteiger partial charge in [0.2, 0.25) is 0 Å². The topological polar surface area (TPSA) is 26.3 Å². The monoisotopic (exact) mass is 298 g/mol. The Kier molecular flexibility index (Phi) is 6.27. The first-order chi connectivity index (χ1) is 8.13. The molecule has 0 aliphatic rings. The highest BCUT2D eigenvalue weighted by molar-refractivity contribution is 9.10. The van der Waals surface area contributed by atoms with E-state index in [0.29, 0.717) is 6.61 Å². The quantitative estimate of drug-likeness (QED) is 0.743. The molecule has 0 saturated carbocycles. The second-order valence-corrected chi connectivity index (χ2v) is 5.09. The third-order valence-electron chi connectivity index (χ3n) is 2.70. The van der Waals surface area contributed by atoms with Crippen LogP contribution in [0.4, 0.5) is 0 Å². The maximum Gasteiger partial charge on any atom is 0.308 e. The van der Waals surface area contributed by atoms with Crippen molar-refractivity contribution in [2.24, 2.45) is 5.92 Å². The maximum absolute atomic E-state index is 11.4. The number of aryl methyl sites for hydroxylation is 1. The van der Waals surface area contributed by atoms with E-state index < -0.39 is 0 Å². The van der Waals surface area contributed by atoms with Gasteiger partial charge >= 0.3 is 5.97 Å². The minimum Gasteiger partial charge on any atom is -0.466 e. The summed E-state index contributed by atoms with van der Waals surface area (Å²) in [5, 5.41) is 0. The molecule has 0 amide bonds. The van der Waals surface area contributed by atoms with Crippen LogP contribution >= 0.6 is 15.9 Å². The predicted molar refractivity (Wildman–Crippen MR) is 72.9 cm³/mol. The number of hydrogen-bond donors (Lipinski definition) is 0. The van der Waals surface area contributed by atoms with Crippen LogP contribution in [0.25, 0.3) is 0 Å². The van der Waals surface area contributed by atoms with Gasteiger partial charge in [-0.1, -0.05) is 35.0 Å². The molecular formula is C14H19BrO2. The van der Waals surface area contributed by atoms with Gasteiger partial charge in [0.1, 0.15) is 0 Å². The molecule has 0 fully saturated rings. The molecule has 0 aromatic heterocycles. The Labute approximate surface area is 111 Å². The number of carbonyl (C=O) groups is 1. The van der Waals surface area contributed by atoms with Crippen LogP contribution in [0, 0.1) is 5.92 Å². The van der Waals surface area contributed by atoms with Crippen molar-refractivity contribution in [3.8, 4) is 0 Å². The largest absolute Gasteiger partial charge is 0.466 e. The first-order valence-electron chi connectivity index (χ1n) is 6.04. The number of halogens is 1. The van der Waals surface area contributed by atoms with Crippen LogP contribution in [0.3, 0.4) is 0 Å². The molecule has 0 radical (unpaired) electrons. The van der Waals surface area contributed by atoms with E-state index in [2.05, 4.69) is 28.1 Å². The van der Waals surface area contributed by atoms with E-state index in [1.54, 1.807) is 0 Å². The van der Waals surface area contributed by atoms with Crippen molar-refractivity contribution in [3.05, 3.63) is 34.3 Å². The van der Waals surface area contributed by atoms with Crippen molar-refractivity contribution in [3.63, 3.8) is 0 Å². The van der Waals surface area contributed by atoms with Crippen LogP contribution < -0.4 is 0 Å². The van der Waals surface area contributed by atoms with Crippen LogP contribution in [0.1, 0.15) is 32.3 Å². The molecule has 0 heterocycles. The first-order valence-corrected chi connectivity index (χ1v) is 6.84. The molecular weight excluding hydrogens is 280 g/mol. The smallest absolute Gasteiger partial charge is 0.308 e. The van der Waals surface area contributed by atoms with Gasteiger partial charge in [-0.25, -0.2) is 0 Å². The summed E-state index contributed by atoms with van der Waals surface area (Å²) in [7, 11) is 0. The number of esters is 1. The average Bonchev–Trinajstić information content (AvgIpc) is 2.32. The highest BCUT2D eigenvalue weighted by atomic mass is 79.9. The number of ether oxygens (including phenoxy) is 1. The summed E-state index contributed by atoms with van der Waals surface area (Å²) in [6.07, 6.45) is 2.91. The second kappa shape index (κ2) is 7.49. The Morgan fingerprint density at radius 1 is 1.35 bits per heavy atom. The Morgan fingerprint density at radius 2 is 2.00 bits per heavy atom. The van der Waals surface area contributed by atoms with Crippen LogP contribution in [-0.4, -0.2) is 12.6 Å². The van der Waals surface area contributed by atoms with E-state index in [9.17, 15) is 4.79 Å². The van der Waals surface area contributed by atoms with Crippen LogP contribution in [0.15, 0.2) is 28.7 Å². The summed E-state index contributed by atoms with van der Waals surface area (Å²) in [6, 6.07) is 8.31. The molecule has 1 atom stereocenters. The zero-order valence-corrected chi connectivity index (χ0v) is 12.0. The lowest BCUT2D eigenvalue weighted by molar-refractivity contribution is -0.147. The molecule has 17 heavy (non-hydrogen) atoms. The molecule has 1 unspecified atom stereocenters. The third-order valence-corrected chi connectivity index (χ3v) is 3.23. The highest BCUT2D eigenvalue weighted by Crippen LogP contribution is 2.14. The van der Waals surface area contributed by atoms with Crippen molar-refractivity contribution >= 4 is 21.9 Å². The summed E-state index contributed by atoms with van der Waals surface area (Å²) in [5.74, 6) is -0.0753. The Hall–Kier alpha value is -0.830. The van der Waals surface area contributed by atoms with E-state index >= 15 is 0 Å². The van der Waals surface area contributed by atoms with E-state index in [0.717, 1.165) is 23.7 Å². The maximum atomic E-state index is 11.4. The van der Waals surface area contributed by atoms with Gasteiger partial charge in [0.05, 0.1) is 12.5 Å². The summed E-state index contributed by atoms with van der Waals surface area (Å²) >= 11 is 3.41. The summed E-state index contributed by atoms with van der Waals surface area (Å²) in [6.45, 7) is 4.24. The van der Waals surface area contributed by atoms with E-state index in [1.165, 1.54) is 5.56 Å². The lowest BCUT2D eigenvalue weighted by Crippen LogP contribution is -2.14. The molecule has 0 bridgehead atoms. The van der Waals surface area contributed by atoms with Crippen LogP contribution in [0.2, 0.25) is 0 Å². The molecule has 3 heteroatoms. The minimum atomic E-state index is -0.0803. The average molecular weight is 299 g/mol. The van der Waals surface area contributed by atoms with Gasteiger partial charge in [0.15, 0.2) is 0 Å². The second-order valence-electron chi connectivity index (χ2n) is 4.17. The molecule has 0 saturated heterocycles. The van der Waals surface area contributed by atoms with Crippen molar-refractivity contribution in [2.45, 2.75) is 33.1 Å². The summed E-state index contributed by atoms with van der Waals surface area (Å²) in [5.41, 5.74) is 1.31. The van der Waals surface area contributed by atoms with Crippen molar-refractivity contribution < 1.29 is 9.53 Å². The normalized spacial score (nSPS) is 12.2. The highest BCUT2D eigenvalue weighted by Gasteiger charge is 2.12. The van der Waals surface area contributed by atoms with Crippen molar-refractivity contribution in [1.82, 2.24) is 0 Å². The van der Waals surface area contributed by atoms with Crippen molar-refractivity contribution in [1.29, 1.82) is 0 Å². The van der Waals surface area contributed by atoms with E-state index in [-0.39, 0.29) is 11.9 Å². The fraction of sp³-hybridized carbons (Fsp3) is 0.500.